The van der Waals surface area contributed by atoms with Crippen LogP contribution in [0.1, 0.15) is 0 Å². The molecule has 0 saturated carbocycles. The van der Waals surface area contributed by atoms with Gasteiger partial charge in [0.15, 0.2) is 0 Å². The molecule has 0 bridgehead atoms. The third kappa shape index (κ3) is 1.65. The maximum atomic E-state index is 13.1. The van der Waals surface area contributed by atoms with Gasteiger partial charge in [-0.2, -0.15) is 0 Å². The lowest BCUT2D eigenvalue weighted by atomic mass is 9.75. The van der Waals surface area contributed by atoms with Crippen LogP contribution in [0.2, 0.25) is 0 Å². The zero-order valence-electron chi connectivity index (χ0n) is 9.41. The molecule has 3 aromatic rings. The Labute approximate surface area is 102 Å². The van der Waals surface area contributed by atoms with Crippen molar-refractivity contribution < 1.29 is 12.9 Å². The second-order valence-electron chi connectivity index (χ2n) is 4.31. The van der Waals surface area contributed by atoms with Crippen LogP contribution in [0.3, 0.4) is 0 Å². The van der Waals surface area contributed by atoms with Gasteiger partial charge in [-0.3, -0.25) is 0 Å². The van der Waals surface area contributed by atoms with E-state index in [1.54, 1.807) is 30.3 Å². The summed E-state index contributed by atoms with van der Waals surface area (Å²) in [6.07, 6.45) is 0. The Hall–Kier alpha value is -1.97. The van der Waals surface area contributed by atoms with Gasteiger partial charge >= 0.3 is 6.98 Å². The molecule has 0 aromatic heterocycles. The molecule has 0 aliphatic carbocycles. The lowest BCUT2D eigenvalue weighted by Crippen LogP contribution is -2.34. The van der Waals surface area contributed by atoms with Crippen LogP contribution < -0.4 is 5.46 Å². The SMILES string of the molecule is F[B-](F)(F)c1cc2ccccc2c2ccccc12. The first-order valence-electron chi connectivity index (χ1n) is 5.68. The van der Waals surface area contributed by atoms with Crippen molar-refractivity contribution in [2.45, 2.75) is 0 Å². The van der Waals surface area contributed by atoms with E-state index in [2.05, 4.69) is 0 Å². The Morgan fingerprint density at radius 3 is 1.89 bits per heavy atom. The summed E-state index contributed by atoms with van der Waals surface area (Å²) in [7, 11) is 0. The fraction of sp³-hybridized carbons (Fsp3) is 0. The van der Waals surface area contributed by atoms with E-state index in [-0.39, 0.29) is 5.39 Å². The van der Waals surface area contributed by atoms with E-state index < -0.39 is 12.4 Å². The molecule has 0 atom stereocenters. The van der Waals surface area contributed by atoms with Crippen molar-refractivity contribution in [2.75, 3.05) is 0 Å². The highest BCUT2D eigenvalue weighted by Gasteiger charge is 2.27. The molecule has 0 saturated heterocycles. The molecule has 3 aromatic carbocycles. The minimum atomic E-state index is -5.00. The molecule has 0 aliphatic heterocycles. The predicted octanol–water partition coefficient (Wildman–Crippen LogP) is 4.05. The van der Waals surface area contributed by atoms with Crippen LogP contribution in [0.15, 0.2) is 54.6 Å². The zero-order valence-corrected chi connectivity index (χ0v) is 9.41. The zero-order chi connectivity index (χ0) is 12.8. The van der Waals surface area contributed by atoms with Gasteiger partial charge < -0.3 is 12.9 Å². The average Bonchev–Trinajstić information content (AvgIpc) is 2.37. The summed E-state index contributed by atoms with van der Waals surface area (Å²) in [5.74, 6) is 0. The van der Waals surface area contributed by atoms with Gasteiger partial charge in [0.2, 0.25) is 0 Å². The fourth-order valence-corrected chi connectivity index (χ4v) is 2.35. The van der Waals surface area contributed by atoms with E-state index in [4.69, 9.17) is 0 Å². The second-order valence-corrected chi connectivity index (χ2v) is 4.31. The number of benzene rings is 3. The number of fused-ring (bicyclic) bond motifs is 3. The van der Waals surface area contributed by atoms with Crippen molar-refractivity contribution in [2.24, 2.45) is 0 Å². The van der Waals surface area contributed by atoms with E-state index in [1.807, 2.05) is 12.1 Å². The largest absolute Gasteiger partial charge is 0.510 e. The summed E-state index contributed by atoms with van der Waals surface area (Å²) in [5, 5.41) is 2.43. The highest BCUT2D eigenvalue weighted by Crippen LogP contribution is 2.26. The van der Waals surface area contributed by atoms with Crippen LogP contribution in [-0.4, -0.2) is 6.98 Å². The topological polar surface area (TPSA) is 0 Å². The molecule has 0 spiro atoms. The average molecular weight is 245 g/mol. The first-order chi connectivity index (χ1) is 8.57. The molecule has 18 heavy (non-hydrogen) atoms. The number of rotatable bonds is 1. The molecule has 0 radical (unpaired) electrons. The van der Waals surface area contributed by atoms with Crippen molar-refractivity contribution in [1.82, 2.24) is 0 Å². The second kappa shape index (κ2) is 3.77. The lowest BCUT2D eigenvalue weighted by molar-refractivity contribution is 0.502. The summed E-state index contributed by atoms with van der Waals surface area (Å²) in [6, 6.07) is 15.1. The molecule has 0 aliphatic rings. The third-order valence-corrected chi connectivity index (χ3v) is 3.15. The van der Waals surface area contributed by atoms with Crippen LogP contribution in [0.25, 0.3) is 21.5 Å². The molecular weight excluding hydrogens is 236 g/mol. The molecule has 90 valence electrons. The van der Waals surface area contributed by atoms with Crippen LogP contribution in [0.4, 0.5) is 12.9 Å². The van der Waals surface area contributed by atoms with E-state index in [0.29, 0.717) is 10.8 Å². The minimum absolute atomic E-state index is 0.281. The number of hydrogen-bond donors (Lipinski definition) is 0. The van der Waals surface area contributed by atoms with Crippen molar-refractivity contribution in [1.29, 1.82) is 0 Å². The van der Waals surface area contributed by atoms with Gasteiger partial charge in [0.1, 0.15) is 0 Å². The highest BCUT2D eigenvalue weighted by molar-refractivity contribution is 6.76. The molecular formula is C14H9BF3-. The number of hydrogen-bond acceptors (Lipinski definition) is 0. The molecule has 0 amide bonds. The van der Waals surface area contributed by atoms with Crippen LogP contribution in [0.5, 0.6) is 0 Å². The van der Waals surface area contributed by atoms with E-state index >= 15 is 0 Å². The maximum Gasteiger partial charge on any atom is 0.510 e. The summed E-state index contributed by atoms with van der Waals surface area (Å²) < 4.78 is 39.3. The van der Waals surface area contributed by atoms with Gasteiger partial charge in [-0.25, -0.2) is 0 Å². The standard InChI is InChI=1S/C14H9BF3/c16-15(17,18)14-9-10-5-1-2-6-11(10)12-7-3-4-8-13(12)14/h1-9H/q-1. The van der Waals surface area contributed by atoms with Crippen molar-refractivity contribution >= 4 is 34.0 Å². The summed E-state index contributed by atoms with van der Waals surface area (Å²) in [4.78, 5) is 0. The van der Waals surface area contributed by atoms with Crippen LogP contribution >= 0.6 is 0 Å². The maximum absolute atomic E-state index is 13.1. The molecule has 0 unspecified atom stereocenters. The number of halogens is 3. The molecule has 0 N–H and O–H groups in total. The van der Waals surface area contributed by atoms with Crippen molar-refractivity contribution in [3.05, 3.63) is 54.6 Å². The summed E-state index contributed by atoms with van der Waals surface area (Å²) in [5.41, 5.74) is -0.510. The Morgan fingerprint density at radius 1 is 0.667 bits per heavy atom. The van der Waals surface area contributed by atoms with Crippen molar-refractivity contribution in [3.63, 3.8) is 0 Å². The minimum Gasteiger partial charge on any atom is -0.445 e. The van der Waals surface area contributed by atoms with E-state index in [1.165, 1.54) is 12.1 Å². The van der Waals surface area contributed by atoms with E-state index in [0.717, 1.165) is 5.39 Å². The molecule has 0 nitrogen and oxygen atoms in total. The highest BCUT2D eigenvalue weighted by atomic mass is 19.4. The smallest absolute Gasteiger partial charge is 0.445 e. The molecule has 0 fully saturated rings. The van der Waals surface area contributed by atoms with Crippen molar-refractivity contribution in [3.8, 4) is 0 Å². The quantitative estimate of drug-likeness (QED) is 0.448. The molecule has 3 rings (SSSR count). The van der Waals surface area contributed by atoms with Crippen LogP contribution in [-0.2, 0) is 0 Å². The van der Waals surface area contributed by atoms with Gasteiger partial charge in [-0.15, -0.1) is 0 Å². The normalized spacial score (nSPS) is 12.2. The van der Waals surface area contributed by atoms with Gasteiger partial charge in [-0.1, -0.05) is 60.1 Å². The van der Waals surface area contributed by atoms with Gasteiger partial charge in [0, 0.05) is 0 Å². The fourth-order valence-electron chi connectivity index (χ4n) is 2.35. The monoisotopic (exact) mass is 245 g/mol. The first-order valence-corrected chi connectivity index (χ1v) is 5.68. The van der Waals surface area contributed by atoms with Gasteiger partial charge in [-0.05, 0) is 21.5 Å². The van der Waals surface area contributed by atoms with Crippen LogP contribution in [0, 0.1) is 0 Å². The molecule has 4 heteroatoms. The lowest BCUT2D eigenvalue weighted by Gasteiger charge is -2.19. The summed E-state index contributed by atoms with van der Waals surface area (Å²) >= 11 is 0. The predicted molar refractivity (Wildman–Crippen MR) is 70.2 cm³/mol. The Balaban J connectivity index is 2.55. The Bertz CT molecular complexity index is 732. The van der Waals surface area contributed by atoms with E-state index in [9.17, 15) is 12.9 Å². The Kier molecular flexibility index (Phi) is 2.33. The first kappa shape index (κ1) is 11.1. The van der Waals surface area contributed by atoms with Gasteiger partial charge in [0.05, 0.1) is 0 Å². The third-order valence-electron chi connectivity index (χ3n) is 3.15. The van der Waals surface area contributed by atoms with Gasteiger partial charge in [0.25, 0.3) is 0 Å². The Morgan fingerprint density at radius 2 is 1.22 bits per heavy atom. The molecule has 0 heterocycles. The summed E-state index contributed by atoms with van der Waals surface area (Å²) in [6.45, 7) is -5.00.